The van der Waals surface area contributed by atoms with Crippen molar-refractivity contribution in [3.05, 3.63) is 144 Å². The number of carbonyl (C=O) groups is 1. The molecular formula is C39H35N3O5. The van der Waals surface area contributed by atoms with Crippen molar-refractivity contribution in [3.63, 3.8) is 0 Å². The first-order valence-electron chi connectivity index (χ1n) is 15.7. The molecule has 2 N–H and O–H groups in total. The van der Waals surface area contributed by atoms with E-state index in [0.717, 1.165) is 55.8 Å². The van der Waals surface area contributed by atoms with E-state index in [1.165, 1.54) is 0 Å². The van der Waals surface area contributed by atoms with Gasteiger partial charge >= 0.3 is 5.97 Å². The van der Waals surface area contributed by atoms with E-state index in [1.807, 2.05) is 84.9 Å². The molecule has 8 heteroatoms. The normalized spacial score (nSPS) is 15.9. The lowest BCUT2D eigenvalue weighted by Gasteiger charge is -2.32. The molecule has 6 aromatic rings. The molecule has 1 saturated heterocycles. The molecule has 0 saturated carbocycles. The summed E-state index contributed by atoms with van der Waals surface area (Å²) >= 11 is 0. The van der Waals surface area contributed by atoms with Gasteiger partial charge in [0.25, 0.3) is 5.72 Å². The van der Waals surface area contributed by atoms with Gasteiger partial charge in [0.1, 0.15) is 24.7 Å². The monoisotopic (exact) mass is 625 g/mol. The Kier molecular flexibility index (Phi) is 8.28. The average molecular weight is 626 g/mol. The van der Waals surface area contributed by atoms with Crippen LogP contribution in [0.2, 0.25) is 0 Å². The molecule has 0 amide bonds. The summed E-state index contributed by atoms with van der Waals surface area (Å²) in [6, 6.07) is 40.4. The van der Waals surface area contributed by atoms with Crippen LogP contribution in [0.25, 0.3) is 21.8 Å². The molecule has 1 atom stereocenters. The van der Waals surface area contributed by atoms with Gasteiger partial charge in [0.2, 0.25) is 0 Å². The van der Waals surface area contributed by atoms with Gasteiger partial charge in [0.15, 0.2) is 0 Å². The molecule has 2 aromatic heterocycles. The summed E-state index contributed by atoms with van der Waals surface area (Å²) in [5.41, 5.74) is 6.66. The molecule has 7 rings (SSSR count). The molecule has 3 heterocycles. The van der Waals surface area contributed by atoms with Crippen LogP contribution in [0.5, 0.6) is 11.5 Å². The molecule has 0 radical (unpaired) electrons. The number of nitrogens with zero attached hydrogens (tertiary/aromatic N) is 2. The maximum absolute atomic E-state index is 11.7. The number of rotatable bonds is 13. The lowest BCUT2D eigenvalue weighted by Crippen LogP contribution is -2.29. The Hall–Kier alpha value is -5.31. The third kappa shape index (κ3) is 6.65. The number of hydrogen-bond acceptors (Lipinski definition) is 7. The van der Waals surface area contributed by atoms with Crippen molar-refractivity contribution >= 4 is 27.8 Å². The number of hydroxylamine groups is 1. The van der Waals surface area contributed by atoms with Crippen molar-refractivity contribution in [2.45, 2.75) is 50.5 Å². The van der Waals surface area contributed by atoms with Gasteiger partial charge in [-0.1, -0.05) is 79.7 Å². The van der Waals surface area contributed by atoms with E-state index in [2.05, 4.69) is 48.8 Å². The van der Waals surface area contributed by atoms with E-state index >= 15 is 0 Å². The van der Waals surface area contributed by atoms with E-state index in [1.54, 1.807) is 0 Å². The molecule has 1 aliphatic heterocycles. The van der Waals surface area contributed by atoms with E-state index in [-0.39, 0.29) is 0 Å². The van der Waals surface area contributed by atoms with Crippen LogP contribution >= 0.6 is 0 Å². The van der Waals surface area contributed by atoms with Gasteiger partial charge in [-0.05, 0) is 72.5 Å². The largest absolute Gasteiger partial charge is 0.487 e. The second-order valence-electron chi connectivity index (χ2n) is 12.1. The number of benzene rings is 4. The molecule has 47 heavy (non-hydrogen) atoms. The van der Waals surface area contributed by atoms with Gasteiger partial charge in [-0.2, -0.15) is 5.48 Å². The van der Waals surface area contributed by atoms with Crippen molar-refractivity contribution in [2.24, 2.45) is 0 Å². The van der Waals surface area contributed by atoms with Crippen molar-refractivity contribution in [3.8, 4) is 11.5 Å². The molecule has 1 fully saturated rings. The Morgan fingerprint density at radius 2 is 1.19 bits per heavy atom. The third-order valence-corrected chi connectivity index (χ3v) is 8.97. The molecular weight excluding hydrogens is 590 g/mol. The number of carboxylic acid groups (broad SMARTS) is 1. The number of aliphatic carboxylic acids is 1. The predicted octanol–water partition coefficient (Wildman–Crippen LogP) is 7.73. The minimum Gasteiger partial charge on any atom is -0.487 e. The topological polar surface area (TPSA) is 116 Å². The molecule has 0 bridgehead atoms. The summed E-state index contributed by atoms with van der Waals surface area (Å²) < 4.78 is 12.2. The van der Waals surface area contributed by atoms with E-state index < -0.39 is 17.1 Å². The highest BCUT2D eigenvalue weighted by Gasteiger charge is 2.53. The van der Waals surface area contributed by atoms with Crippen molar-refractivity contribution in [1.82, 2.24) is 15.4 Å². The summed E-state index contributed by atoms with van der Waals surface area (Å²) in [6.07, 6.45) is 1.70. The smallest absolute Gasteiger partial charge is 0.355 e. The number of hydrogen-bond donors (Lipinski definition) is 2. The van der Waals surface area contributed by atoms with Crippen molar-refractivity contribution in [2.75, 3.05) is 0 Å². The van der Waals surface area contributed by atoms with Gasteiger partial charge in [-0.25, -0.2) is 14.8 Å². The predicted molar refractivity (Wildman–Crippen MR) is 180 cm³/mol. The zero-order chi connectivity index (χ0) is 32.3. The van der Waals surface area contributed by atoms with Crippen LogP contribution in [0, 0.1) is 0 Å². The highest BCUT2D eigenvalue weighted by atomic mass is 16.8. The Morgan fingerprint density at radius 3 is 1.64 bits per heavy atom. The molecule has 0 aliphatic carbocycles. The Bertz CT molecular complexity index is 1900. The van der Waals surface area contributed by atoms with Gasteiger partial charge in [0.05, 0.1) is 22.4 Å². The second-order valence-corrected chi connectivity index (χ2v) is 12.1. The number of pyridine rings is 2. The van der Waals surface area contributed by atoms with E-state index in [4.69, 9.17) is 24.3 Å². The van der Waals surface area contributed by atoms with Gasteiger partial charge < -0.3 is 14.6 Å². The minimum atomic E-state index is -1.29. The summed E-state index contributed by atoms with van der Waals surface area (Å²) in [6.45, 7) is 2.91. The fourth-order valence-electron chi connectivity index (χ4n) is 6.03. The standard InChI is InChI=1S/C39H35N3O5/c1-38(23-6-24-39(37(43)44)42-47-39,29-13-19-33(20-14-29)45-25-31-17-11-27-7-2-4-9-35(27)40-31)30-15-21-34(22-16-30)46-26-32-18-12-28-8-3-5-10-36(28)41-32/h2-5,7-22,42H,6,23-26H2,1H3,(H,43,44). The highest BCUT2D eigenvalue weighted by molar-refractivity contribution is 5.79. The van der Waals surface area contributed by atoms with Crippen LogP contribution in [0.3, 0.4) is 0 Å². The van der Waals surface area contributed by atoms with Gasteiger partial charge in [-0.15, -0.1) is 0 Å². The number of ether oxygens (including phenoxy) is 2. The second kappa shape index (κ2) is 12.8. The quantitative estimate of drug-likeness (QED) is 0.125. The first-order chi connectivity index (χ1) is 22.9. The number of carboxylic acids is 1. The lowest BCUT2D eigenvalue weighted by molar-refractivity contribution is -0.143. The van der Waals surface area contributed by atoms with Crippen LogP contribution in [0.15, 0.2) is 121 Å². The molecule has 0 spiro atoms. The Labute approximate surface area is 272 Å². The summed E-state index contributed by atoms with van der Waals surface area (Å²) in [5, 5.41) is 11.8. The first-order valence-corrected chi connectivity index (χ1v) is 15.7. The summed E-state index contributed by atoms with van der Waals surface area (Å²) in [4.78, 5) is 26.2. The maximum Gasteiger partial charge on any atom is 0.355 e. The van der Waals surface area contributed by atoms with Crippen LogP contribution < -0.4 is 15.0 Å². The van der Waals surface area contributed by atoms with Crippen molar-refractivity contribution < 1.29 is 24.2 Å². The van der Waals surface area contributed by atoms with Crippen LogP contribution in [0.4, 0.5) is 0 Å². The zero-order valence-corrected chi connectivity index (χ0v) is 26.1. The van der Waals surface area contributed by atoms with Crippen LogP contribution in [-0.4, -0.2) is 26.8 Å². The lowest BCUT2D eigenvalue weighted by atomic mass is 9.72. The number of nitrogens with one attached hydrogen (secondary N) is 1. The van der Waals surface area contributed by atoms with Crippen LogP contribution in [0.1, 0.15) is 48.7 Å². The number of fused-ring (bicyclic) bond motifs is 2. The fraction of sp³-hybridized carbons (Fsp3) is 0.205. The van der Waals surface area contributed by atoms with E-state index in [0.29, 0.717) is 32.5 Å². The summed E-state index contributed by atoms with van der Waals surface area (Å²) in [5.74, 6) is 0.499. The van der Waals surface area contributed by atoms with Gasteiger partial charge in [0, 0.05) is 22.6 Å². The molecule has 8 nitrogen and oxygen atoms in total. The van der Waals surface area contributed by atoms with Gasteiger partial charge in [-0.3, -0.25) is 4.84 Å². The SMILES string of the molecule is CC(CCCC1(C(=O)O)NO1)(c1ccc(OCc2ccc3ccccc3n2)cc1)c1ccc(OCc2ccc3ccccc3n2)cc1. The number of para-hydroxylation sites is 2. The molecule has 1 unspecified atom stereocenters. The maximum atomic E-state index is 11.7. The zero-order valence-electron chi connectivity index (χ0n) is 26.1. The van der Waals surface area contributed by atoms with Crippen LogP contribution in [-0.2, 0) is 28.3 Å². The Balaban J connectivity index is 1.06. The highest BCUT2D eigenvalue weighted by Crippen LogP contribution is 2.40. The molecule has 236 valence electrons. The minimum absolute atomic E-state index is 0.359. The molecule has 4 aromatic carbocycles. The first kappa shape index (κ1) is 30.3. The fourth-order valence-corrected chi connectivity index (χ4v) is 6.03. The average Bonchev–Trinajstić information content (AvgIpc) is 3.91. The molecule has 1 aliphatic rings. The summed E-state index contributed by atoms with van der Waals surface area (Å²) in [7, 11) is 0. The number of aromatic nitrogens is 2. The van der Waals surface area contributed by atoms with E-state index in [9.17, 15) is 9.90 Å². The third-order valence-electron chi connectivity index (χ3n) is 8.97. The Morgan fingerprint density at radius 1 is 0.723 bits per heavy atom. The van der Waals surface area contributed by atoms with Crippen molar-refractivity contribution in [1.29, 1.82) is 0 Å².